The van der Waals surface area contributed by atoms with E-state index < -0.39 is 47.9 Å². The minimum absolute atomic E-state index is 0.125. The Kier molecular flexibility index (Phi) is 9.02. The van der Waals surface area contributed by atoms with Gasteiger partial charge in [-0.1, -0.05) is 62.2 Å². The standard InChI is InChI=1S/C27H32Cl2FN3O3/c1-26(2,3)13-22-27(15-31,20-8-7-18(29)12-21(20)30)23(16-5-4-6-17(28)11-16)24(33-22)25(36)32-10-9-19(35)14-34/h4-8,11-12,19,22-24,33-35H,9-10,13-14H2,1-3H3,(H,32,36)/t19-,22+,23+,24-,27+/m0/s1. The summed E-state index contributed by atoms with van der Waals surface area (Å²) in [7, 11) is 0. The minimum atomic E-state index is -1.46. The van der Waals surface area contributed by atoms with Gasteiger partial charge in [-0.3, -0.25) is 4.79 Å². The predicted octanol–water partition coefficient (Wildman–Crippen LogP) is 4.31. The van der Waals surface area contributed by atoms with E-state index in [-0.39, 0.29) is 29.0 Å². The fourth-order valence-electron chi connectivity index (χ4n) is 5.09. The molecule has 36 heavy (non-hydrogen) atoms. The highest BCUT2D eigenvalue weighted by Crippen LogP contribution is 2.52. The van der Waals surface area contributed by atoms with Crippen LogP contribution in [0.15, 0.2) is 42.5 Å². The van der Waals surface area contributed by atoms with Gasteiger partial charge in [-0.05, 0) is 48.1 Å². The third kappa shape index (κ3) is 6.01. The van der Waals surface area contributed by atoms with Gasteiger partial charge in [0, 0.05) is 34.1 Å². The molecule has 0 spiro atoms. The number of halogens is 3. The summed E-state index contributed by atoms with van der Waals surface area (Å²) in [4.78, 5) is 13.5. The minimum Gasteiger partial charge on any atom is -0.394 e. The van der Waals surface area contributed by atoms with Gasteiger partial charge in [0.1, 0.15) is 11.2 Å². The third-order valence-electron chi connectivity index (χ3n) is 6.61. The first-order valence-corrected chi connectivity index (χ1v) is 12.6. The second-order valence-electron chi connectivity index (χ2n) is 10.5. The van der Waals surface area contributed by atoms with Crippen LogP contribution in [0.3, 0.4) is 0 Å². The first-order chi connectivity index (χ1) is 16.9. The molecule has 3 rings (SSSR count). The average Bonchev–Trinajstić information content (AvgIpc) is 3.12. The maximum Gasteiger partial charge on any atom is 0.237 e. The molecule has 0 saturated carbocycles. The molecule has 1 aliphatic heterocycles. The van der Waals surface area contributed by atoms with Gasteiger partial charge in [-0.15, -0.1) is 0 Å². The molecule has 1 heterocycles. The number of hydrogen-bond donors (Lipinski definition) is 4. The van der Waals surface area contributed by atoms with Crippen LogP contribution >= 0.6 is 23.2 Å². The summed E-state index contributed by atoms with van der Waals surface area (Å²) in [5.74, 6) is -1.80. The van der Waals surface area contributed by atoms with E-state index in [9.17, 15) is 15.2 Å². The quantitative estimate of drug-likeness (QED) is 0.403. The van der Waals surface area contributed by atoms with Crippen LogP contribution in [0, 0.1) is 22.6 Å². The van der Waals surface area contributed by atoms with Crippen molar-refractivity contribution in [2.24, 2.45) is 5.41 Å². The number of rotatable bonds is 8. The van der Waals surface area contributed by atoms with Gasteiger partial charge >= 0.3 is 0 Å². The summed E-state index contributed by atoms with van der Waals surface area (Å²) in [6.07, 6.45) is -0.315. The largest absolute Gasteiger partial charge is 0.394 e. The van der Waals surface area contributed by atoms with Crippen molar-refractivity contribution in [1.82, 2.24) is 10.6 Å². The molecule has 194 valence electrons. The Hall–Kier alpha value is -2.21. The van der Waals surface area contributed by atoms with Crippen LogP contribution in [0.2, 0.25) is 10.0 Å². The molecule has 6 nitrogen and oxygen atoms in total. The van der Waals surface area contributed by atoms with Crippen molar-refractivity contribution in [1.29, 1.82) is 5.26 Å². The van der Waals surface area contributed by atoms with E-state index in [1.54, 1.807) is 30.3 Å². The molecular formula is C27H32Cl2FN3O3. The number of benzene rings is 2. The normalized spacial score (nSPS) is 24.8. The zero-order chi connectivity index (χ0) is 26.7. The van der Waals surface area contributed by atoms with Gasteiger partial charge in [0.25, 0.3) is 0 Å². The monoisotopic (exact) mass is 535 g/mol. The molecule has 4 N–H and O–H groups in total. The molecule has 9 heteroatoms. The summed E-state index contributed by atoms with van der Waals surface area (Å²) in [5.41, 5.74) is -0.929. The van der Waals surface area contributed by atoms with Gasteiger partial charge in [-0.25, -0.2) is 4.39 Å². The lowest BCUT2D eigenvalue weighted by molar-refractivity contribution is -0.123. The van der Waals surface area contributed by atoms with Gasteiger partial charge < -0.3 is 20.8 Å². The Morgan fingerprint density at radius 3 is 2.53 bits per heavy atom. The van der Waals surface area contributed by atoms with Crippen LogP contribution in [0.25, 0.3) is 0 Å². The fraction of sp³-hybridized carbons (Fsp3) is 0.481. The van der Waals surface area contributed by atoms with E-state index in [4.69, 9.17) is 28.3 Å². The summed E-state index contributed by atoms with van der Waals surface area (Å²) >= 11 is 12.4. The Morgan fingerprint density at radius 1 is 1.25 bits per heavy atom. The zero-order valence-corrected chi connectivity index (χ0v) is 22.1. The van der Waals surface area contributed by atoms with Crippen molar-refractivity contribution >= 4 is 29.1 Å². The number of nitriles is 1. The van der Waals surface area contributed by atoms with Crippen molar-refractivity contribution in [2.75, 3.05) is 13.2 Å². The lowest BCUT2D eigenvalue weighted by Gasteiger charge is -2.37. The van der Waals surface area contributed by atoms with Crippen LogP contribution in [-0.2, 0) is 10.2 Å². The molecule has 5 atom stereocenters. The topological polar surface area (TPSA) is 105 Å². The summed E-state index contributed by atoms with van der Waals surface area (Å²) in [5, 5.41) is 36.3. The molecule has 2 aromatic carbocycles. The molecule has 0 aromatic heterocycles. The number of aliphatic hydroxyl groups excluding tert-OH is 2. The van der Waals surface area contributed by atoms with Crippen molar-refractivity contribution in [3.63, 3.8) is 0 Å². The molecule has 0 radical (unpaired) electrons. The van der Waals surface area contributed by atoms with Crippen molar-refractivity contribution < 1.29 is 19.4 Å². The first-order valence-electron chi connectivity index (χ1n) is 11.9. The van der Waals surface area contributed by atoms with Crippen LogP contribution in [-0.4, -0.2) is 47.5 Å². The van der Waals surface area contributed by atoms with Gasteiger partial charge in [-0.2, -0.15) is 5.26 Å². The number of carbonyl (C=O) groups is 1. The first kappa shape index (κ1) is 28.4. The predicted molar refractivity (Wildman–Crippen MR) is 138 cm³/mol. The Bertz CT molecular complexity index is 1130. The van der Waals surface area contributed by atoms with Crippen molar-refractivity contribution in [3.8, 4) is 6.07 Å². The summed E-state index contributed by atoms with van der Waals surface area (Å²) < 4.78 is 15.5. The molecule has 1 fully saturated rings. The molecule has 1 saturated heterocycles. The van der Waals surface area contributed by atoms with E-state index >= 15 is 4.39 Å². The van der Waals surface area contributed by atoms with Crippen molar-refractivity contribution in [2.45, 2.75) is 63.1 Å². The maximum absolute atomic E-state index is 15.5. The third-order valence-corrected chi connectivity index (χ3v) is 7.08. The van der Waals surface area contributed by atoms with Crippen LogP contribution in [0.5, 0.6) is 0 Å². The molecule has 2 aromatic rings. The number of aliphatic hydroxyl groups is 2. The molecule has 0 unspecified atom stereocenters. The maximum atomic E-state index is 15.5. The molecule has 1 aliphatic rings. The SMILES string of the molecule is CC(C)(C)C[C@H]1N[C@H](C(=O)NCC[C@H](O)CO)[C@@H](c2cccc(Cl)c2)[C@]1(C#N)c1ccc(Cl)cc1F. The van der Waals surface area contributed by atoms with E-state index in [1.165, 1.54) is 12.1 Å². The van der Waals surface area contributed by atoms with Crippen LogP contribution in [0.1, 0.15) is 50.7 Å². The smallest absolute Gasteiger partial charge is 0.237 e. The Balaban J connectivity index is 2.19. The highest BCUT2D eigenvalue weighted by Gasteiger charge is 2.60. The summed E-state index contributed by atoms with van der Waals surface area (Å²) in [6, 6.07) is 12.1. The fourth-order valence-corrected chi connectivity index (χ4v) is 5.45. The number of nitrogens with zero attached hydrogens (tertiary/aromatic N) is 1. The van der Waals surface area contributed by atoms with Crippen molar-refractivity contribution in [3.05, 3.63) is 69.5 Å². The molecule has 0 bridgehead atoms. The second kappa shape index (κ2) is 11.5. The average molecular weight is 536 g/mol. The van der Waals surface area contributed by atoms with E-state index in [0.717, 1.165) is 0 Å². The van der Waals surface area contributed by atoms with E-state index in [1.807, 2.05) is 20.8 Å². The van der Waals surface area contributed by atoms with Gasteiger partial charge in [0.05, 0.1) is 24.8 Å². The van der Waals surface area contributed by atoms with E-state index in [0.29, 0.717) is 17.0 Å². The Morgan fingerprint density at radius 2 is 1.94 bits per heavy atom. The molecule has 1 amide bonds. The summed E-state index contributed by atoms with van der Waals surface area (Å²) in [6.45, 7) is 5.77. The number of carbonyl (C=O) groups excluding carboxylic acids is 1. The van der Waals surface area contributed by atoms with E-state index in [2.05, 4.69) is 16.7 Å². The second-order valence-corrected chi connectivity index (χ2v) is 11.4. The highest BCUT2D eigenvalue weighted by molar-refractivity contribution is 6.30. The van der Waals surface area contributed by atoms with Gasteiger partial charge in [0.15, 0.2) is 0 Å². The molecule has 0 aliphatic carbocycles. The lowest BCUT2D eigenvalue weighted by atomic mass is 9.62. The molecular weight excluding hydrogens is 504 g/mol. The zero-order valence-electron chi connectivity index (χ0n) is 20.6. The lowest BCUT2D eigenvalue weighted by Crippen LogP contribution is -2.46. The Labute approximate surface area is 221 Å². The number of nitrogens with one attached hydrogen (secondary N) is 2. The van der Waals surface area contributed by atoms with Gasteiger partial charge in [0.2, 0.25) is 5.91 Å². The highest BCUT2D eigenvalue weighted by atomic mass is 35.5. The number of amides is 1. The van der Waals surface area contributed by atoms with Crippen LogP contribution in [0.4, 0.5) is 4.39 Å². The number of hydrogen-bond acceptors (Lipinski definition) is 5. The van der Waals surface area contributed by atoms with Crippen LogP contribution < -0.4 is 10.6 Å².